The van der Waals surface area contributed by atoms with Crippen molar-refractivity contribution in [3.05, 3.63) is 23.8 Å². The normalized spacial score (nSPS) is 22.6. The van der Waals surface area contributed by atoms with Gasteiger partial charge >= 0.3 is 0 Å². The van der Waals surface area contributed by atoms with Gasteiger partial charge < -0.3 is 9.47 Å². The molecule has 0 spiro atoms. The Bertz CT molecular complexity index is 711. The highest BCUT2D eigenvalue weighted by Crippen LogP contribution is 2.32. The van der Waals surface area contributed by atoms with Gasteiger partial charge in [-0.2, -0.15) is 17.4 Å². The maximum absolute atomic E-state index is 12.5. The number of nitrogens with zero attached hydrogens (tertiary/aromatic N) is 2. The van der Waals surface area contributed by atoms with Crippen LogP contribution in [0, 0.1) is 0 Å². The molecule has 1 aromatic rings. The quantitative estimate of drug-likeness (QED) is 0.850. The molecule has 0 amide bonds. The molecule has 0 aromatic heterocycles. The summed E-state index contributed by atoms with van der Waals surface area (Å²) in [5, 5.41) is 0. The minimum absolute atomic E-state index is 0.122. The zero-order valence-corrected chi connectivity index (χ0v) is 15.1. The fourth-order valence-corrected chi connectivity index (χ4v) is 5.20. The number of benzene rings is 1. The van der Waals surface area contributed by atoms with Crippen LogP contribution in [0.5, 0.6) is 11.5 Å². The van der Waals surface area contributed by atoms with Gasteiger partial charge in [0.1, 0.15) is 0 Å². The molecule has 2 heterocycles. The van der Waals surface area contributed by atoms with E-state index in [0.29, 0.717) is 13.1 Å². The molecular weight excluding hydrogens is 342 g/mol. The van der Waals surface area contributed by atoms with Crippen LogP contribution in [0.1, 0.15) is 31.2 Å². The topological polar surface area (TPSA) is 71.1 Å². The molecule has 3 aliphatic rings. The van der Waals surface area contributed by atoms with E-state index < -0.39 is 10.2 Å². The van der Waals surface area contributed by atoms with E-state index in [-0.39, 0.29) is 12.8 Å². The van der Waals surface area contributed by atoms with Crippen LogP contribution in [0.3, 0.4) is 0 Å². The van der Waals surface area contributed by atoms with E-state index in [0.717, 1.165) is 62.4 Å². The largest absolute Gasteiger partial charge is 0.454 e. The standard InChI is InChI=1S/C17H25N3O4S/c21-25(22,18-15-3-1-2-4-15)20-9-7-19(8-10-20)12-14-5-6-16-17(11-14)24-13-23-16/h5-6,11,15,18H,1-4,7-10,12-13H2. The van der Waals surface area contributed by atoms with Gasteiger partial charge in [0.15, 0.2) is 11.5 Å². The maximum atomic E-state index is 12.5. The average Bonchev–Trinajstić information content (AvgIpc) is 3.26. The lowest BCUT2D eigenvalue weighted by Crippen LogP contribution is -2.53. The first-order chi connectivity index (χ1) is 12.1. The van der Waals surface area contributed by atoms with Crippen LogP contribution in [-0.4, -0.2) is 56.6 Å². The van der Waals surface area contributed by atoms with Crippen molar-refractivity contribution in [2.75, 3.05) is 33.0 Å². The third-order valence-electron chi connectivity index (χ3n) is 5.19. The third kappa shape index (κ3) is 3.92. The Kier molecular flexibility index (Phi) is 4.86. The predicted octanol–water partition coefficient (Wildman–Crippen LogP) is 1.31. The van der Waals surface area contributed by atoms with Gasteiger partial charge in [-0.25, -0.2) is 0 Å². The molecule has 0 bridgehead atoms. The van der Waals surface area contributed by atoms with E-state index in [9.17, 15) is 8.42 Å². The van der Waals surface area contributed by atoms with Crippen LogP contribution in [0.4, 0.5) is 0 Å². The minimum Gasteiger partial charge on any atom is -0.454 e. The Morgan fingerprint density at radius 2 is 1.76 bits per heavy atom. The van der Waals surface area contributed by atoms with Crippen molar-refractivity contribution in [2.24, 2.45) is 0 Å². The molecule has 1 N–H and O–H groups in total. The van der Waals surface area contributed by atoms with Crippen molar-refractivity contribution in [1.82, 2.24) is 13.9 Å². The van der Waals surface area contributed by atoms with E-state index >= 15 is 0 Å². The monoisotopic (exact) mass is 367 g/mol. The Balaban J connectivity index is 1.30. The molecule has 7 nitrogen and oxygen atoms in total. The summed E-state index contributed by atoms with van der Waals surface area (Å²) in [5.41, 5.74) is 1.16. The molecule has 1 aromatic carbocycles. The van der Waals surface area contributed by atoms with E-state index in [1.54, 1.807) is 4.31 Å². The Labute approximate surface area is 149 Å². The molecule has 2 fully saturated rings. The molecule has 138 valence electrons. The zero-order chi connectivity index (χ0) is 17.3. The predicted molar refractivity (Wildman–Crippen MR) is 93.7 cm³/mol. The number of hydrogen-bond acceptors (Lipinski definition) is 5. The molecule has 25 heavy (non-hydrogen) atoms. The molecule has 1 aliphatic carbocycles. The Morgan fingerprint density at radius 3 is 2.52 bits per heavy atom. The highest BCUT2D eigenvalue weighted by molar-refractivity contribution is 7.87. The fourth-order valence-electron chi connectivity index (χ4n) is 3.75. The van der Waals surface area contributed by atoms with Crippen LogP contribution >= 0.6 is 0 Å². The summed E-state index contributed by atoms with van der Waals surface area (Å²) in [7, 11) is -3.35. The Hall–Kier alpha value is -1.35. The summed E-state index contributed by atoms with van der Waals surface area (Å²) >= 11 is 0. The van der Waals surface area contributed by atoms with Crippen molar-refractivity contribution in [3.63, 3.8) is 0 Å². The summed E-state index contributed by atoms with van der Waals surface area (Å²) in [4.78, 5) is 2.28. The molecule has 0 atom stereocenters. The van der Waals surface area contributed by atoms with Crippen LogP contribution < -0.4 is 14.2 Å². The molecule has 0 radical (unpaired) electrons. The molecule has 0 unspecified atom stereocenters. The smallest absolute Gasteiger partial charge is 0.279 e. The average molecular weight is 367 g/mol. The molecule has 4 rings (SSSR count). The number of ether oxygens (including phenoxy) is 2. The van der Waals surface area contributed by atoms with Crippen molar-refractivity contribution in [2.45, 2.75) is 38.3 Å². The fraction of sp³-hybridized carbons (Fsp3) is 0.647. The minimum atomic E-state index is -3.35. The van der Waals surface area contributed by atoms with Gasteiger partial charge in [0.05, 0.1) is 0 Å². The van der Waals surface area contributed by atoms with Crippen LogP contribution in [0.15, 0.2) is 18.2 Å². The third-order valence-corrected chi connectivity index (χ3v) is 6.86. The maximum Gasteiger partial charge on any atom is 0.279 e. The molecule has 2 aliphatic heterocycles. The SMILES string of the molecule is O=S(=O)(NC1CCCC1)N1CCN(Cc2ccc3c(c2)OCO3)CC1. The van der Waals surface area contributed by atoms with Gasteiger partial charge in [-0.05, 0) is 30.5 Å². The lowest BCUT2D eigenvalue weighted by Gasteiger charge is -2.34. The second kappa shape index (κ2) is 7.11. The number of nitrogens with one attached hydrogen (secondary N) is 1. The van der Waals surface area contributed by atoms with Crippen molar-refractivity contribution in [3.8, 4) is 11.5 Å². The first-order valence-corrected chi connectivity index (χ1v) is 10.4. The summed E-state index contributed by atoms with van der Waals surface area (Å²) in [6.07, 6.45) is 4.17. The van der Waals surface area contributed by atoms with Gasteiger partial charge in [0.25, 0.3) is 10.2 Å². The second-order valence-corrected chi connectivity index (χ2v) is 8.67. The van der Waals surface area contributed by atoms with Crippen LogP contribution in [0.2, 0.25) is 0 Å². The highest BCUT2D eigenvalue weighted by Gasteiger charge is 2.30. The second-order valence-electron chi connectivity index (χ2n) is 6.97. The first kappa shape index (κ1) is 17.1. The van der Waals surface area contributed by atoms with Gasteiger partial charge in [-0.15, -0.1) is 0 Å². The highest BCUT2D eigenvalue weighted by atomic mass is 32.2. The molecule has 1 saturated carbocycles. The van der Waals surface area contributed by atoms with Crippen molar-refractivity contribution < 1.29 is 17.9 Å². The van der Waals surface area contributed by atoms with Crippen molar-refractivity contribution in [1.29, 1.82) is 0 Å². The van der Waals surface area contributed by atoms with Gasteiger partial charge in [-0.1, -0.05) is 18.9 Å². The van der Waals surface area contributed by atoms with Gasteiger partial charge in [0, 0.05) is 38.8 Å². The summed E-state index contributed by atoms with van der Waals surface area (Å²) in [6.45, 7) is 3.61. The summed E-state index contributed by atoms with van der Waals surface area (Å²) in [6, 6.07) is 6.10. The van der Waals surface area contributed by atoms with E-state index in [4.69, 9.17) is 9.47 Å². The molecular formula is C17H25N3O4S. The van der Waals surface area contributed by atoms with E-state index in [1.165, 1.54) is 0 Å². The number of hydrogen-bond donors (Lipinski definition) is 1. The lowest BCUT2D eigenvalue weighted by atomic mass is 10.2. The molecule has 8 heteroatoms. The van der Waals surface area contributed by atoms with Crippen LogP contribution in [0.25, 0.3) is 0 Å². The van der Waals surface area contributed by atoms with E-state index in [1.807, 2.05) is 18.2 Å². The van der Waals surface area contributed by atoms with Crippen LogP contribution in [-0.2, 0) is 16.8 Å². The summed E-state index contributed by atoms with van der Waals surface area (Å²) in [5.74, 6) is 1.58. The summed E-state index contributed by atoms with van der Waals surface area (Å²) < 4.78 is 40.2. The lowest BCUT2D eigenvalue weighted by molar-refractivity contribution is 0.173. The van der Waals surface area contributed by atoms with Crippen molar-refractivity contribution >= 4 is 10.2 Å². The number of piperazine rings is 1. The van der Waals surface area contributed by atoms with Gasteiger partial charge in [0.2, 0.25) is 6.79 Å². The first-order valence-electron chi connectivity index (χ1n) is 8.98. The Morgan fingerprint density at radius 1 is 1.04 bits per heavy atom. The number of fused-ring (bicyclic) bond motifs is 1. The zero-order valence-electron chi connectivity index (χ0n) is 14.3. The van der Waals surface area contributed by atoms with E-state index in [2.05, 4.69) is 9.62 Å². The molecule has 1 saturated heterocycles. The number of rotatable bonds is 5. The van der Waals surface area contributed by atoms with Gasteiger partial charge in [-0.3, -0.25) is 4.90 Å².